The van der Waals surface area contributed by atoms with Crippen LogP contribution in [0.4, 0.5) is 5.82 Å². The van der Waals surface area contributed by atoms with Gasteiger partial charge in [-0.25, -0.2) is 14.8 Å². The van der Waals surface area contributed by atoms with E-state index in [0.717, 1.165) is 0 Å². The van der Waals surface area contributed by atoms with Gasteiger partial charge >= 0.3 is 5.97 Å². The maximum atomic E-state index is 11.4. The Morgan fingerprint density at radius 2 is 1.84 bits per heavy atom. The van der Waals surface area contributed by atoms with Gasteiger partial charge in [-0.1, -0.05) is 23.4 Å². The van der Waals surface area contributed by atoms with Gasteiger partial charge in [-0.05, 0) is 30.3 Å². The van der Waals surface area contributed by atoms with Crippen LogP contribution in [-0.4, -0.2) is 67.4 Å². The van der Waals surface area contributed by atoms with E-state index in [1.807, 2.05) is 6.07 Å². The molecule has 1 fully saturated rings. The van der Waals surface area contributed by atoms with Gasteiger partial charge in [0, 0.05) is 18.7 Å². The van der Waals surface area contributed by atoms with Gasteiger partial charge in [-0.2, -0.15) is 4.68 Å². The molecular formula is C21H18N6O4. The summed E-state index contributed by atoms with van der Waals surface area (Å²) in [5, 5.41) is 27.8. The Morgan fingerprint density at radius 3 is 2.61 bits per heavy atom. The van der Waals surface area contributed by atoms with Crippen LogP contribution in [0.5, 0.6) is 5.75 Å². The quantitative estimate of drug-likeness (QED) is 0.512. The molecule has 4 aromatic rings. The van der Waals surface area contributed by atoms with Crippen LogP contribution in [-0.2, 0) is 4.74 Å². The molecule has 0 amide bonds. The van der Waals surface area contributed by atoms with Gasteiger partial charge in [0.15, 0.2) is 22.8 Å². The van der Waals surface area contributed by atoms with Crippen molar-refractivity contribution in [1.29, 1.82) is 0 Å². The summed E-state index contributed by atoms with van der Waals surface area (Å²) in [6.45, 7) is 2.43. The third-order valence-electron chi connectivity index (χ3n) is 5.03. The topological polar surface area (TPSA) is 126 Å². The minimum Gasteiger partial charge on any atom is -0.508 e. The number of hydrogen-bond donors (Lipinski definition) is 2. The Kier molecular flexibility index (Phi) is 4.68. The molecule has 10 nitrogen and oxygen atoms in total. The zero-order valence-corrected chi connectivity index (χ0v) is 16.3. The van der Waals surface area contributed by atoms with Crippen molar-refractivity contribution >= 4 is 23.0 Å². The third kappa shape index (κ3) is 3.53. The summed E-state index contributed by atoms with van der Waals surface area (Å²) in [5.74, 6) is 0.0976. The minimum atomic E-state index is -1.03. The molecule has 1 aliphatic rings. The molecule has 2 N–H and O–H groups in total. The third-order valence-corrected chi connectivity index (χ3v) is 5.03. The number of nitrogens with zero attached hydrogens (tertiary/aromatic N) is 6. The predicted molar refractivity (Wildman–Crippen MR) is 112 cm³/mol. The van der Waals surface area contributed by atoms with E-state index < -0.39 is 5.97 Å². The molecule has 5 rings (SSSR count). The van der Waals surface area contributed by atoms with Crippen molar-refractivity contribution < 1.29 is 19.7 Å². The van der Waals surface area contributed by atoms with Gasteiger partial charge in [0.05, 0.1) is 24.5 Å². The number of phenols is 1. The average Bonchev–Trinajstić information content (AvgIpc) is 3.23. The van der Waals surface area contributed by atoms with Crippen LogP contribution in [0.15, 0.2) is 48.5 Å². The number of carboxylic acid groups (broad SMARTS) is 1. The summed E-state index contributed by atoms with van der Waals surface area (Å²) in [7, 11) is 0. The monoisotopic (exact) mass is 418 g/mol. The lowest BCUT2D eigenvalue weighted by Gasteiger charge is -2.27. The Morgan fingerprint density at radius 1 is 1.03 bits per heavy atom. The number of phenolic OH excluding ortho intramolecular Hbond substituents is 1. The minimum absolute atomic E-state index is 0.106. The summed E-state index contributed by atoms with van der Waals surface area (Å²) >= 11 is 0. The normalized spacial score (nSPS) is 14.1. The fraction of sp³-hybridized carbons (Fsp3) is 0.190. The first-order chi connectivity index (χ1) is 15.1. The van der Waals surface area contributed by atoms with Crippen LogP contribution in [0.3, 0.4) is 0 Å². The SMILES string of the molecule is O=C(O)c1cccc(-n2nnc3c(N4CCOCC4)nc(-c4cccc(O)c4)nc32)c1. The molecule has 1 saturated heterocycles. The first kappa shape index (κ1) is 18.9. The lowest BCUT2D eigenvalue weighted by atomic mass is 10.2. The molecule has 0 spiro atoms. The number of hydrogen-bond acceptors (Lipinski definition) is 8. The van der Waals surface area contributed by atoms with Gasteiger partial charge in [-0.3, -0.25) is 0 Å². The van der Waals surface area contributed by atoms with Crippen molar-refractivity contribution in [2.45, 2.75) is 0 Å². The summed E-state index contributed by atoms with van der Waals surface area (Å²) in [5.41, 5.74) is 2.25. The zero-order chi connectivity index (χ0) is 21.4. The molecule has 0 unspecified atom stereocenters. The highest BCUT2D eigenvalue weighted by Crippen LogP contribution is 2.29. The predicted octanol–water partition coefficient (Wildman–Crippen LogP) is 2.12. The Bertz CT molecular complexity index is 1280. The summed E-state index contributed by atoms with van der Waals surface area (Å²) in [6.07, 6.45) is 0. The number of carboxylic acids is 1. The van der Waals surface area contributed by atoms with E-state index in [2.05, 4.69) is 20.2 Å². The summed E-state index contributed by atoms with van der Waals surface area (Å²) in [6, 6.07) is 13.1. The van der Waals surface area contributed by atoms with Gasteiger partial charge < -0.3 is 19.8 Å². The lowest BCUT2D eigenvalue weighted by molar-refractivity contribution is 0.0697. The van der Waals surface area contributed by atoms with Gasteiger partial charge in [0.25, 0.3) is 0 Å². The van der Waals surface area contributed by atoms with Gasteiger partial charge in [0.1, 0.15) is 5.75 Å². The highest BCUT2D eigenvalue weighted by atomic mass is 16.5. The maximum absolute atomic E-state index is 11.4. The standard InChI is InChI=1S/C21H18N6O4/c28-16-6-2-3-13(12-16)18-22-19(26-7-9-31-10-8-26)17-20(23-18)27(25-24-17)15-5-1-4-14(11-15)21(29)30/h1-6,11-12,28H,7-10H2,(H,29,30). The second-order valence-corrected chi connectivity index (χ2v) is 7.05. The van der Waals surface area contributed by atoms with Gasteiger partial charge in [0.2, 0.25) is 0 Å². The van der Waals surface area contributed by atoms with E-state index in [1.54, 1.807) is 30.3 Å². The molecule has 0 radical (unpaired) electrons. The first-order valence-electron chi connectivity index (χ1n) is 9.69. The Balaban J connectivity index is 1.73. The van der Waals surface area contributed by atoms with Gasteiger partial charge in [-0.15, -0.1) is 5.10 Å². The summed E-state index contributed by atoms with van der Waals surface area (Å²) in [4.78, 5) is 22.9. The number of aromatic carboxylic acids is 1. The van der Waals surface area contributed by atoms with Crippen molar-refractivity contribution in [3.05, 3.63) is 54.1 Å². The number of aromatic hydroxyl groups is 1. The second-order valence-electron chi connectivity index (χ2n) is 7.05. The lowest BCUT2D eigenvalue weighted by Crippen LogP contribution is -2.37. The molecule has 156 valence electrons. The largest absolute Gasteiger partial charge is 0.508 e. The van der Waals surface area contributed by atoms with Crippen LogP contribution in [0.2, 0.25) is 0 Å². The van der Waals surface area contributed by atoms with Crippen molar-refractivity contribution in [3.63, 3.8) is 0 Å². The Labute approximate surface area is 176 Å². The number of benzene rings is 2. The number of morpholine rings is 1. The first-order valence-corrected chi connectivity index (χ1v) is 9.69. The van der Waals surface area contributed by atoms with E-state index in [9.17, 15) is 15.0 Å². The van der Waals surface area contributed by atoms with E-state index in [0.29, 0.717) is 60.4 Å². The van der Waals surface area contributed by atoms with E-state index in [4.69, 9.17) is 9.72 Å². The molecule has 0 saturated carbocycles. The molecule has 3 heterocycles. The van der Waals surface area contributed by atoms with Crippen LogP contribution in [0.1, 0.15) is 10.4 Å². The average molecular weight is 418 g/mol. The van der Waals surface area contributed by atoms with Crippen molar-refractivity contribution in [3.8, 4) is 22.8 Å². The molecule has 31 heavy (non-hydrogen) atoms. The van der Waals surface area contributed by atoms with E-state index in [1.165, 1.54) is 16.8 Å². The number of anilines is 1. The van der Waals surface area contributed by atoms with Crippen molar-refractivity contribution in [1.82, 2.24) is 25.0 Å². The zero-order valence-electron chi connectivity index (χ0n) is 16.3. The van der Waals surface area contributed by atoms with E-state index >= 15 is 0 Å². The van der Waals surface area contributed by atoms with E-state index in [-0.39, 0.29) is 11.3 Å². The molecule has 0 atom stereocenters. The number of rotatable bonds is 4. The molecule has 10 heteroatoms. The molecular weight excluding hydrogens is 400 g/mol. The fourth-order valence-corrected chi connectivity index (χ4v) is 3.51. The Hall–Kier alpha value is -4.05. The number of ether oxygens (including phenoxy) is 1. The molecule has 2 aromatic heterocycles. The van der Waals surface area contributed by atoms with Crippen molar-refractivity contribution in [2.75, 3.05) is 31.2 Å². The second kappa shape index (κ2) is 7.65. The summed E-state index contributed by atoms with van der Waals surface area (Å²) < 4.78 is 6.96. The highest BCUT2D eigenvalue weighted by Gasteiger charge is 2.22. The van der Waals surface area contributed by atoms with Crippen LogP contribution < -0.4 is 4.90 Å². The molecule has 0 aliphatic carbocycles. The fourth-order valence-electron chi connectivity index (χ4n) is 3.51. The molecule has 1 aliphatic heterocycles. The van der Waals surface area contributed by atoms with Crippen LogP contribution >= 0.6 is 0 Å². The highest BCUT2D eigenvalue weighted by molar-refractivity contribution is 5.89. The maximum Gasteiger partial charge on any atom is 0.335 e. The number of carbonyl (C=O) groups is 1. The number of aromatic nitrogens is 5. The van der Waals surface area contributed by atoms with Crippen LogP contribution in [0, 0.1) is 0 Å². The smallest absolute Gasteiger partial charge is 0.335 e. The molecule has 2 aromatic carbocycles. The molecule has 0 bridgehead atoms. The van der Waals surface area contributed by atoms with Crippen LogP contribution in [0.25, 0.3) is 28.2 Å². The number of fused-ring (bicyclic) bond motifs is 1. The van der Waals surface area contributed by atoms with Crippen molar-refractivity contribution in [2.24, 2.45) is 0 Å².